The molecule has 0 aliphatic rings. The van der Waals surface area contributed by atoms with Crippen molar-refractivity contribution in [3.05, 3.63) is 5.01 Å². The molecule has 1 rings (SSSR count). The van der Waals surface area contributed by atoms with Gasteiger partial charge in [0.15, 0.2) is 0 Å². The first-order valence-corrected chi connectivity index (χ1v) is 6.77. The molecular weight excluding hydrogens is 254 g/mol. The van der Waals surface area contributed by atoms with Crippen molar-refractivity contribution in [3.8, 4) is 0 Å². The summed E-state index contributed by atoms with van der Waals surface area (Å²) in [6, 6.07) is 0. The van der Waals surface area contributed by atoms with Crippen LogP contribution in [-0.4, -0.2) is 41.5 Å². The quantitative estimate of drug-likeness (QED) is 0.739. The van der Waals surface area contributed by atoms with E-state index in [-0.39, 0.29) is 6.42 Å². The lowest BCUT2D eigenvalue weighted by molar-refractivity contribution is -0.136. The third kappa shape index (κ3) is 4.97. The molecule has 0 saturated heterocycles. The Hall–Kier alpha value is -1.21. The van der Waals surface area contributed by atoms with Gasteiger partial charge in [-0.25, -0.2) is 0 Å². The van der Waals surface area contributed by atoms with E-state index in [1.165, 1.54) is 11.3 Å². The fourth-order valence-electron chi connectivity index (χ4n) is 1.44. The summed E-state index contributed by atoms with van der Waals surface area (Å²) in [6.45, 7) is 3.83. The van der Waals surface area contributed by atoms with Gasteiger partial charge < -0.3 is 14.7 Å². The van der Waals surface area contributed by atoms with Crippen LogP contribution in [0.25, 0.3) is 0 Å². The number of carboxylic acid groups (broad SMARTS) is 1. The van der Waals surface area contributed by atoms with Crippen molar-refractivity contribution in [1.82, 2.24) is 10.2 Å². The zero-order chi connectivity index (χ0) is 13.4. The van der Waals surface area contributed by atoms with Crippen molar-refractivity contribution >= 4 is 22.4 Å². The van der Waals surface area contributed by atoms with Gasteiger partial charge in [-0.3, -0.25) is 4.79 Å². The minimum atomic E-state index is -0.793. The molecule has 0 aliphatic carbocycles. The molecule has 0 atom stereocenters. The minimum absolute atomic E-state index is 0.114. The highest BCUT2D eigenvalue weighted by molar-refractivity contribution is 7.15. The number of nitrogens with zero attached hydrogens (tertiary/aromatic N) is 3. The number of aromatic nitrogens is 2. The number of anilines is 1. The normalized spacial score (nSPS) is 10.6. The van der Waals surface area contributed by atoms with Crippen LogP contribution in [0.3, 0.4) is 0 Å². The summed E-state index contributed by atoms with van der Waals surface area (Å²) >= 11 is 1.45. The van der Waals surface area contributed by atoms with Crippen LogP contribution < -0.4 is 4.90 Å². The lowest BCUT2D eigenvalue weighted by atomic mass is 10.3. The molecule has 1 aromatic rings. The highest BCUT2D eigenvalue weighted by Gasteiger charge is 2.13. The summed E-state index contributed by atoms with van der Waals surface area (Å²) in [5.41, 5.74) is 0. The molecule has 6 nitrogen and oxygen atoms in total. The smallest absolute Gasteiger partial charge is 0.305 e. The first-order valence-electron chi connectivity index (χ1n) is 5.95. The third-order valence-corrected chi connectivity index (χ3v) is 3.33. The van der Waals surface area contributed by atoms with Gasteiger partial charge in [0.1, 0.15) is 11.6 Å². The Kier molecular flexibility index (Phi) is 6.59. The average molecular weight is 273 g/mol. The fraction of sp³-hybridized carbons (Fsp3) is 0.727. The predicted molar refractivity (Wildman–Crippen MR) is 70.0 cm³/mol. The second-order valence-corrected chi connectivity index (χ2v) is 4.94. The molecule has 1 aromatic heterocycles. The molecule has 102 valence electrons. The summed E-state index contributed by atoms with van der Waals surface area (Å²) < 4.78 is 5.00. The SMILES string of the molecule is CCCCN(CCC(=O)O)c1nnc(COC)s1. The zero-order valence-corrected chi connectivity index (χ0v) is 11.6. The Balaban J connectivity index is 2.63. The molecule has 0 amide bonds. The van der Waals surface area contributed by atoms with Crippen LogP contribution in [0.2, 0.25) is 0 Å². The topological polar surface area (TPSA) is 75.6 Å². The molecular formula is C11H19N3O3S. The van der Waals surface area contributed by atoms with Crippen LogP contribution in [0.1, 0.15) is 31.2 Å². The van der Waals surface area contributed by atoms with Gasteiger partial charge in [0.25, 0.3) is 0 Å². The van der Waals surface area contributed by atoms with E-state index >= 15 is 0 Å². The second-order valence-electron chi connectivity index (χ2n) is 3.90. The number of hydrogen-bond donors (Lipinski definition) is 1. The molecule has 18 heavy (non-hydrogen) atoms. The minimum Gasteiger partial charge on any atom is -0.481 e. The van der Waals surface area contributed by atoms with Crippen molar-refractivity contribution in [2.45, 2.75) is 32.8 Å². The maximum Gasteiger partial charge on any atom is 0.305 e. The van der Waals surface area contributed by atoms with Crippen LogP contribution in [0.15, 0.2) is 0 Å². The summed E-state index contributed by atoms with van der Waals surface area (Å²) in [5.74, 6) is -0.793. The number of methoxy groups -OCH3 is 1. The largest absolute Gasteiger partial charge is 0.481 e. The van der Waals surface area contributed by atoms with Gasteiger partial charge in [0.2, 0.25) is 5.13 Å². The molecule has 7 heteroatoms. The highest BCUT2D eigenvalue weighted by Crippen LogP contribution is 2.21. The Labute approximate surface area is 111 Å². The van der Waals surface area contributed by atoms with Gasteiger partial charge in [0.05, 0.1) is 6.42 Å². The Bertz CT molecular complexity index is 370. The summed E-state index contributed by atoms with van der Waals surface area (Å²) in [4.78, 5) is 12.6. The lowest BCUT2D eigenvalue weighted by Gasteiger charge is -2.19. The molecule has 0 radical (unpaired) electrons. The lowest BCUT2D eigenvalue weighted by Crippen LogP contribution is -2.27. The molecule has 0 fully saturated rings. The molecule has 0 aliphatic heterocycles. The maximum absolute atomic E-state index is 10.6. The molecule has 1 heterocycles. The monoisotopic (exact) mass is 273 g/mol. The van der Waals surface area contributed by atoms with Crippen LogP contribution in [0, 0.1) is 0 Å². The Morgan fingerprint density at radius 3 is 2.83 bits per heavy atom. The molecule has 0 spiro atoms. The fourth-order valence-corrected chi connectivity index (χ4v) is 2.30. The van der Waals surface area contributed by atoms with E-state index in [0.717, 1.165) is 29.5 Å². The summed E-state index contributed by atoms with van der Waals surface area (Å²) in [5, 5.41) is 18.4. The van der Waals surface area contributed by atoms with Crippen molar-refractivity contribution in [1.29, 1.82) is 0 Å². The molecule has 0 unspecified atom stereocenters. The second kappa shape index (κ2) is 7.99. The molecule has 0 aromatic carbocycles. The number of unbranched alkanes of at least 4 members (excludes halogenated alkanes) is 1. The number of hydrogen-bond acceptors (Lipinski definition) is 6. The molecule has 0 saturated carbocycles. The van der Waals surface area contributed by atoms with Gasteiger partial charge >= 0.3 is 5.97 Å². The predicted octanol–water partition coefficient (Wildman–Crippen LogP) is 1.77. The van der Waals surface area contributed by atoms with Crippen LogP contribution in [0.5, 0.6) is 0 Å². The van der Waals surface area contributed by atoms with Crippen molar-refractivity contribution < 1.29 is 14.6 Å². The standard InChI is InChI=1S/C11H19N3O3S/c1-3-4-6-14(7-5-10(15)16)11-13-12-9(18-11)8-17-2/h3-8H2,1-2H3,(H,15,16). The van der Waals surface area contributed by atoms with Crippen LogP contribution >= 0.6 is 11.3 Å². The van der Waals surface area contributed by atoms with E-state index in [2.05, 4.69) is 17.1 Å². The number of ether oxygens (including phenoxy) is 1. The molecule has 1 N–H and O–H groups in total. The first-order chi connectivity index (χ1) is 8.67. The third-order valence-electron chi connectivity index (χ3n) is 2.37. The number of aliphatic carboxylic acids is 1. The van der Waals surface area contributed by atoms with E-state index in [0.29, 0.717) is 13.2 Å². The maximum atomic E-state index is 10.6. The number of carboxylic acids is 1. The van der Waals surface area contributed by atoms with Crippen LogP contribution in [-0.2, 0) is 16.1 Å². The van der Waals surface area contributed by atoms with Gasteiger partial charge in [-0.05, 0) is 6.42 Å². The Morgan fingerprint density at radius 1 is 1.44 bits per heavy atom. The highest BCUT2D eigenvalue weighted by atomic mass is 32.1. The van der Waals surface area contributed by atoms with E-state index in [1.807, 2.05) is 4.90 Å². The van der Waals surface area contributed by atoms with E-state index in [1.54, 1.807) is 7.11 Å². The van der Waals surface area contributed by atoms with Crippen molar-refractivity contribution in [3.63, 3.8) is 0 Å². The van der Waals surface area contributed by atoms with Crippen molar-refractivity contribution in [2.24, 2.45) is 0 Å². The summed E-state index contributed by atoms with van der Waals surface area (Å²) in [7, 11) is 1.61. The van der Waals surface area contributed by atoms with Gasteiger partial charge in [-0.1, -0.05) is 24.7 Å². The number of carbonyl (C=O) groups is 1. The van der Waals surface area contributed by atoms with Gasteiger partial charge in [-0.15, -0.1) is 10.2 Å². The van der Waals surface area contributed by atoms with Gasteiger partial charge in [-0.2, -0.15) is 0 Å². The van der Waals surface area contributed by atoms with E-state index in [9.17, 15) is 4.79 Å². The van der Waals surface area contributed by atoms with Crippen LogP contribution in [0.4, 0.5) is 5.13 Å². The summed E-state index contributed by atoms with van der Waals surface area (Å²) in [6.07, 6.45) is 2.19. The van der Waals surface area contributed by atoms with Gasteiger partial charge in [0, 0.05) is 20.2 Å². The average Bonchev–Trinajstić information content (AvgIpc) is 2.78. The molecule has 0 bridgehead atoms. The number of rotatable bonds is 9. The van der Waals surface area contributed by atoms with Crippen molar-refractivity contribution in [2.75, 3.05) is 25.1 Å². The first kappa shape index (κ1) is 14.8. The van der Waals surface area contributed by atoms with E-state index < -0.39 is 5.97 Å². The van der Waals surface area contributed by atoms with E-state index in [4.69, 9.17) is 9.84 Å². The zero-order valence-electron chi connectivity index (χ0n) is 10.8. The Morgan fingerprint density at radius 2 is 2.22 bits per heavy atom.